The van der Waals surface area contributed by atoms with E-state index in [0.29, 0.717) is 6.04 Å². The molecular formula is C11H23N3. The molecule has 2 aliphatic heterocycles. The maximum Gasteiger partial charge on any atom is 0.0259 e. The number of rotatable bonds is 2. The van der Waals surface area contributed by atoms with Gasteiger partial charge in [-0.25, -0.2) is 0 Å². The van der Waals surface area contributed by atoms with E-state index in [1.165, 1.54) is 45.7 Å². The predicted molar refractivity (Wildman–Crippen MR) is 59.6 cm³/mol. The van der Waals surface area contributed by atoms with Crippen molar-refractivity contribution in [3.8, 4) is 0 Å². The zero-order valence-corrected chi connectivity index (χ0v) is 9.50. The topological polar surface area (TPSA) is 18.5 Å². The minimum Gasteiger partial charge on any atom is -0.313 e. The summed E-state index contributed by atoms with van der Waals surface area (Å²) in [7, 11) is 0. The van der Waals surface area contributed by atoms with Crippen molar-refractivity contribution in [1.29, 1.82) is 0 Å². The lowest BCUT2D eigenvalue weighted by atomic mass is 10.1. The summed E-state index contributed by atoms with van der Waals surface area (Å²) in [6.45, 7) is 12.1. The van der Waals surface area contributed by atoms with Crippen LogP contribution in [0.3, 0.4) is 0 Å². The van der Waals surface area contributed by atoms with Gasteiger partial charge in [-0.2, -0.15) is 0 Å². The molecule has 2 rings (SSSR count). The van der Waals surface area contributed by atoms with Crippen molar-refractivity contribution in [2.45, 2.75) is 32.4 Å². The van der Waals surface area contributed by atoms with E-state index in [4.69, 9.17) is 0 Å². The van der Waals surface area contributed by atoms with Gasteiger partial charge in [0.2, 0.25) is 0 Å². The van der Waals surface area contributed by atoms with Gasteiger partial charge in [0.15, 0.2) is 0 Å². The van der Waals surface area contributed by atoms with E-state index in [2.05, 4.69) is 29.0 Å². The number of hydrogen-bond acceptors (Lipinski definition) is 3. The quantitative estimate of drug-likeness (QED) is 0.690. The Hall–Kier alpha value is -0.120. The first-order chi connectivity index (χ1) is 6.81. The molecule has 0 radical (unpaired) electrons. The van der Waals surface area contributed by atoms with Gasteiger partial charge in [-0.1, -0.05) is 6.92 Å². The highest BCUT2D eigenvalue weighted by atomic mass is 15.3. The number of piperazine rings is 1. The lowest BCUT2D eigenvalue weighted by Gasteiger charge is -2.38. The third-order valence-corrected chi connectivity index (χ3v) is 3.81. The van der Waals surface area contributed by atoms with Crippen LogP contribution >= 0.6 is 0 Å². The maximum absolute atomic E-state index is 3.54. The van der Waals surface area contributed by atoms with Gasteiger partial charge in [-0.15, -0.1) is 0 Å². The Labute approximate surface area is 87.4 Å². The molecule has 0 amide bonds. The lowest BCUT2D eigenvalue weighted by Crippen LogP contribution is -2.52. The van der Waals surface area contributed by atoms with Crippen molar-refractivity contribution in [1.82, 2.24) is 15.1 Å². The summed E-state index contributed by atoms with van der Waals surface area (Å²) in [5.74, 6) is 0. The SMILES string of the molecule is CCN1CCN([C@H]2CCN[C@H]2C)CC1. The predicted octanol–water partition coefficient (Wildman–Crippen LogP) is 0.374. The summed E-state index contributed by atoms with van der Waals surface area (Å²) < 4.78 is 0. The minimum atomic E-state index is 0.697. The zero-order chi connectivity index (χ0) is 9.97. The number of hydrogen-bond donors (Lipinski definition) is 1. The molecule has 2 heterocycles. The van der Waals surface area contributed by atoms with Crippen molar-refractivity contribution in [3.05, 3.63) is 0 Å². The molecule has 1 N–H and O–H groups in total. The van der Waals surface area contributed by atoms with E-state index >= 15 is 0 Å². The molecule has 3 heteroatoms. The zero-order valence-electron chi connectivity index (χ0n) is 9.50. The van der Waals surface area contributed by atoms with Gasteiger partial charge in [0.05, 0.1) is 0 Å². The molecule has 2 fully saturated rings. The van der Waals surface area contributed by atoms with Gasteiger partial charge >= 0.3 is 0 Å². The highest BCUT2D eigenvalue weighted by Crippen LogP contribution is 2.16. The largest absolute Gasteiger partial charge is 0.313 e. The first kappa shape index (κ1) is 10.4. The molecule has 2 atom stereocenters. The first-order valence-corrected chi connectivity index (χ1v) is 6.01. The smallest absolute Gasteiger partial charge is 0.0259 e. The molecule has 0 saturated carbocycles. The highest BCUT2D eigenvalue weighted by Gasteiger charge is 2.30. The number of likely N-dealkylation sites (N-methyl/N-ethyl adjacent to an activating group) is 1. The van der Waals surface area contributed by atoms with E-state index in [0.717, 1.165) is 6.04 Å². The summed E-state index contributed by atoms with van der Waals surface area (Å²) in [5.41, 5.74) is 0. The van der Waals surface area contributed by atoms with Crippen LogP contribution in [0, 0.1) is 0 Å². The third-order valence-electron chi connectivity index (χ3n) is 3.81. The van der Waals surface area contributed by atoms with Crippen molar-refractivity contribution in [2.24, 2.45) is 0 Å². The van der Waals surface area contributed by atoms with Crippen molar-refractivity contribution < 1.29 is 0 Å². The van der Waals surface area contributed by atoms with Gasteiger partial charge < -0.3 is 10.2 Å². The van der Waals surface area contributed by atoms with E-state index in [-0.39, 0.29) is 0 Å². The Morgan fingerprint density at radius 2 is 1.93 bits per heavy atom. The average molecular weight is 197 g/mol. The molecule has 0 aliphatic carbocycles. The number of nitrogens with one attached hydrogen (secondary N) is 1. The Bertz CT molecular complexity index is 175. The van der Waals surface area contributed by atoms with Crippen molar-refractivity contribution in [2.75, 3.05) is 39.3 Å². The summed E-state index contributed by atoms with van der Waals surface area (Å²) >= 11 is 0. The Morgan fingerprint density at radius 1 is 1.21 bits per heavy atom. The minimum absolute atomic E-state index is 0.697. The fraction of sp³-hybridized carbons (Fsp3) is 1.00. The Kier molecular flexibility index (Phi) is 3.42. The third kappa shape index (κ3) is 2.10. The molecule has 0 spiro atoms. The normalized spacial score (nSPS) is 36.4. The molecule has 0 unspecified atom stereocenters. The van der Waals surface area contributed by atoms with Crippen LogP contribution in [0.4, 0.5) is 0 Å². The summed E-state index contributed by atoms with van der Waals surface area (Å²) in [6.07, 6.45) is 1.34. The molecule has 0 aromatic rings. The first-order valence-electron chi connectivity index (χ1n) is 6.01. The number of nitrogens with zero attached hydrogens (tertiary/aromatic N) is 2. The molecule has 0 aromatic heterocycles. The fourth-order valence-electron chi connectivity index (χ4n) is 2.75. The van der Waals surface area contributed by atoms with E-state index in [1.54, 1.807) is 0 Å². The molecule has 14 heavy (non-hydrogen) atoms. The van der Waals surface area contributed by atoms with Crippen LogP contribution < -0.4 is 5.32 Å². The summed E-state index contributed by atoms with van der Waals surface area (Å²) in [6, 6.07) is 1.50. The molecule has 0 bridgehead atoms. The van der Waals surface area contributed by atoms with Crippen LogP contribution in [0.15, 0.2) is 0 Å². The highest BCUT2D eigenvalue weighted by molar-refractivity contribution is 4.90. The van der Waals surface area contributed by atoms with Gasteiger partial charge in [-0.05, 0) is 26.4 Å². The van der Waals surface area contributed by atoms with Crippen molar-refractivity contribution >= 4 is 0 Å². The van der Waals surface area contributed by atoms with Crippen LogP contribution in [0.25, 0.3) is 0 Å². The molecule has 0 aromatic carbocycles. The molecule has 2 saturated heterocycles. The van der Waals surface area contributed by atoms with Gasteiger partial charge in [0.1, 0.15) is 0 Å². The van der Waals surface area contributed by atoms with E-state index in [1.807, 2.05) is 0 Å². The monoisotopic (exact) mass is 197 g/mol. The van der Waals surface area contributed by atoms with E-state index in [9.17, 15) is 0 Å². The summed E-state index contributed by atoms with van der Waals surface area (Å²) in [4.78, 5) is 5.22. The average Bonchev–Trinajstić information content (AvgIpc) is 2.65. The Balaban J connectivity index is 1.82. The van der Waals surface area contributed by atoms with Crippen LogP contribution in [0.1, 0.15) is 20.3 Å². The van der Waals surface area contributed by atoms with Crippen molar-refractivity contribution in [3.63, 3.8) is 0 Å². The van der Waals surface area contributed by atoms with Crippen LogP contribution in [-0.4, -0.2) is 61.2 Å². The standard InChI is InChI=1S/C11H23N3/c1-3-13-6-8-14(9-7-13)11-4-5-12-10(11)2/h10-12H,3-9H2,1-2H3/t10-,11-/m0/s1. The van der Waals surface area contributed by atoms with Crippen LogP contribution in [0.5, 0.6) is 0 Å². The second-order valence-electron chi connectivity index (χ2n) is 4.57. The lowest BCUT2D eigenvalue weighted by molar-refractivity contribution is 0.0955. The van der Waals surface area contributed by atoms with E-state index < -0.39 is 0 Å². The maximum atomic E-state index is 3.54. The fourth-order valence-corrected chi connectivity index (χ4v) is 2.75. The summed E-state index contributed by atoms with van der Waals surface area (Å²) in [5, 5.41) is 3.54. The molecule has 82 valence electrons. The van der Waals surface area contributed by atoms with Gasteiger partial charge in [0, 0.05) is 38.3 Å². The second-order valence-corrected chi connectivity index (χ2v) is 4.57. The van der Waals surface area contributed by atoms with Crippen LogP contribution in [-0.2, 0) is 0 Å². The Morgan fingerprint density at radius 3 is 2.43 bits per heavy atom. The molecule has 3 nitrogen and oxygen atoms in total. The van der Waals surface area contributed by atoms with Gasteiger partial charge in [0.25, 0.3) is 0 Å². The van der Waals surface area contributed by atoms with Gasteiger partial charge in [-0.3, -0.25) is 4.90 Å². The molecular weight excluding hydrogens is 174 g/mol. The molecule has 2 aliphatic rings. The second kappa shape index (κ2) is 4.60. The van der Waals surface area contributed by atoms with Crippen LogP contribution in [0.2, 0.25) is 0 Å².